The standard InChI is InChI=1S/C22H29ClN6O2/c1-25-19-17(6-10-27-19)20(26-2)29-11-8-22(24,9-12-29)21(31)28-18(7-13-30)15-4-3-5-16(23)14-15/h3-6,10,14,18,27,30H,1,7-9,11-13,24H2,2H3,(H,28,31)/t18-/m0/s1. The first-order chi connectivity index (χ1) is 14.9. The first kappa shape index (κ1) is 23.0. The Kier molecular flexibility index (Phi) is 7.48. The average molecular weight is 445 g/mol. The highest BCUT2D eigenvalue weighted by atomic mass is 35.5. The van der Waals surface area contributed by atoms with E-state index in [1.54, 1.807) is 25.4 Å². The lowest BCUT2D eigenvalue weighted by atomic mass is 9.86. The van der Waals surface area contributed by atoms with Gasteiger partial charge in [0.2, 0.25) is 5.91 Å². The number of carbonyl (C=O) groups is 1. The van der Waals surface area contributed by atoms with Gasteiger partial charge in [-0.15, -0.1) is 0 Å². The number of aromatic amines is 1. The summed E-state index contributed by atoms with van der Waals surface area (Å²) in [7, 11) is 1.73. The van der Waals surface area contributed by atoms with Gasteiger partial charge in [-0.3, -0.25) is 9.79 Å². The Labute approximate surface area is 187 Å². The number of hydrogen-bond acceptors (Lipinski definition) is 5. The summed E-state index contributed by atoms with van der Waals surface area (Å²) < 4.78 is 0. The zero-order chi connectivity index (χ0) is 22.4. The third kappa shape index (κ3) is 5.15. The van der Waals surface area contributed by atoms with Crippen LogP contribution in [0.15, 0.2) is 46.5 Å². The van der Waals surface area contributed by atoms with Crippen LogP contribution >= 0.6 is 11.6 Å². The molecule has 1 fully saturated rings. The Morgan fingerprint density at radius 2 is 2.16 bits per heavy atom. The number of benzene rings is 1. The van der Waals surface area contributed by atoms with Crippen LogP contribution in [0, 0.1) is 0 Å². The average Bonchev–Trinajstić information content (AvgIpc) is 3.24. The van der Waals surface area contributed by atoms with Crippen LogP contribution in [0.2, 0.25) is 5.02 Å². The molecule has 0 unspecified atom stereocenters. The van der Waals surface area contributed by atoms with Crippen LogP contribution < -0.4 is 11.1 Å². The van der Waals surface area contributed by atoms with Gasteiger partial charge in [-0.2, -0.15) is 0 Å². The van der Waals surface area contributed by atoms with Gasteiger partial charge in [0.25, 0.3) is 0 Å². The number of piperidine rings is 1. The van der Waals surface area contributed by atoms with Crippen molar-refractivity contribution in [2.24, 2.45) is 15.7 Å². The summed E-state index contributed by atoms with van der Waals surface area (Å²) >= 11 is 6.10. The predicted molar refractivity (Wildman–Crippen MR) is 124 cm³/mol. The van der Waals surface area contributed by atoms with Gasteiger partial charge < -0.3 is 26.0 Å². The van der Waals surface area contributed by atoms with Crippen molar-refractivity contribution in [1.82, 2.24) is 15.2 Å². The molecule has 1 aliphatic rings. The Hall–Kier alpha value is -2.68. The molecule has 5 N–H and O–H groups in total. The first-order valence-electron chi connectivity index (χ1n) is 10.2. The normalized spacial score (nSPS) is 17.3. The molecule has 1 atom stereocenters. The van der Waals surface area contributed by atoms with E-state index in [1.165, 1.54) is 0 Å². The SMILES string of the molecule is C=Nc1[nH]ccc1C(=NC)N1CCC(N)(C(=O)N[C@@H](CCO)c2cccc(Cl)c2)CC1. The van der Waals surface area contributed by atoms with E-state index in [4.69, 9.17) is 17.3 Å². The molecule has 2 heterocycles. The number of nitrogens with two attached hydrogens (primary N) is 1. The molecule has 0 radical (unpaired) electrons. The Morgan fingerprint density at radius 3 is 2.77 bits per heavy atom. The van der Waals surface area contributed by atoms with Crippen molar-refractivity contribution in [3.63, 3.8) is 0 Å². The van der Waals surface area contributed by atoms with Crippen molar-refractivity contribution in [2.45, 2.75) is 30.8 Å². The molecule has 31 heavy (non-hydrogen) atoms. The van der Waals surface area contributed by atoms with Crippen molar-refractivity contribution in [3.8, 4) is 0 Å². The maximum Gasteiger partial charge on any atom is 0.240 e. The number of amidine groups is 1. The van der Waals surface area contributed by atoms with E-state index in [-0.39, 0.29) is 18.6 Å². The minimum Gasteiger partial charge on any atom is -0.396 e. The highest BCUT2D eigenvalue weighted by Gasteiger charge is 2.39. The number of halogens is 1. The Bertz CT molecular complexity index is 949. The number of likely N-dealkylation sites (tertiary alicyclic amines) is 1. The topological polar surface area (TPSA) is 119 Å². The molecule has 0 spiro atoms. The molecule has 1 aromatic carbocycles. The molecule has 1 aromatic heterocycles. The summed E-state index contributed by atoms with van der Waals surface area (Å²) in [4.78, 5) is 26.7. The third-order valence-corrected chi connectivity index (χ3v) is 5.95. The molecule has 1 amide bonds. The highest BCUT2D eigenvalue weighted by molar-refractivity contribution is 6.30. The maximum absolute atomic E-state index is 13.1. The molecule has 0 aliphatic carbocycles. The molecule has 166 valence electrons. The minimum atomic E-state index is -1.00. The number of amides is 1. The number of aromatic nitrogens is 1. The van der Waals surface area contributed by atoms with Crippen LogP contribution in [-0.2, 0) is 4.79 Å². The number of nitrogens with zero attached hydrogens (tertiary/aromatic N) is 3. The monoisotopic (exact) mass is 444 g/mol. The molecule has 3 rings (SSSR count). The summed E-state index contributed by atoms with van der Waals surface area (Å²) in [6.45, 7) is 4.70. The van der Waals surface area contributed by atoms with Gasteiger partial charge in [-0.1, -0.05) is 23.7 Å². The minimum absolute atomic E-state index is 0.0600. The van der Waals surface area contributed by atoms with E-state index in [9.17, 15) is 9.90 Å². The van der Waals surface area contributed by atoms with E-state index in [0.29, 0.717) is 43.2 Å². The summed E-state index contributed by atoms with van der Waals surface area (Å²) in [6, 6.07) is 8.82. The van der Waals surface area contributed by atoms with Crippen molar-refractivity contribution in [3.05, 3.63) is 52.7 Å². The lowest BCUT2D eigenvalue weighted by Gasteiger charge is -2.40. The number of H-pyrrole nitrogens is 1. The van der Waals surface area contributed by atoms with E-state index in [0.717, 1.165) is 17.0 Å². The van der Waals surface area contributed by atoms with Crippen LogP contribution in [0.5, 0.6) is 0 Å². The first-order valence-corrected chi connectivity index (χ1v) is 10.6. The largest absolute Gasteiger partial charge is 0.396 e. The number of rotatable bonds is 7. The summed E-state index contributed by atoms with van der Waals surface area (Å²) in [6.07, 6.45) is 3.12. The van der Waals surface area contributed by atoms with Crippen LogP contribution in [0.4, 0.5) is 5.82 Å². The highest BCUT2D eigenvalue weighted by Crippen LogP contribution is 2.27. The number of hydrogen-bond donors (Lipinski definition) is 4. The third-order valence-electron chi connectivity index (χ3n) is 5.72. The molecule has 0 saturated carbocycles. The number of aliphatic hydroxyl groups is 1. The molecule has 2 aromatic rings. The van der Waals surface area contributed by atoms with Crippen molar-refractivity contribution >= 4 is 35.9 Å². The molecule has 0 bridgehead atoms. The van der Waals surface area contributed by atoms with E-state index in [2.05, 4.69) is 31.9 Å². The van der Waals surface area contributed by atoms with Gasteiger partial charge >= 0.3 is 0 Å². The maximum atomic E-state index is 13.1. The molecule has 9 heteroatoms. The van der Waals surface area contributed by atoms with E-state index >= 15 is 0 Å². The fourth-order valence-electron chi connectivity index (χ4n) is 3.93. The van der Waals surface area contributed by atoms with Crippen LogP contribution in [0.3, 0.4) is 0 Å². The smallest absolute Gasteiger partial charge is 0.240 e. The van der Waals surface area contributed by atoms with Gasteiger partial charge in [0, 0.05) is 38.0 Å². The zero-order valence-electron chi connectivity index (χ0n) is 17.6. The molecular weight excluding hydrogens is 416 g/mol. The fraction of sp³-hybridized carbons (Fsp3) is 0.409. The number of aliphatic imine (C=N–C) groups is 2. The summed E-state index contributed by atoms with van der Waals surface area (Å²) in [5.74, 6) is 1.23. The zero-order valence-corrected chi connectivity index (χ0v) is 18.4. The van der Waals surface area contributed by atoms with E-state index in [1.807, 2.05) is 18.2 Å². The lowest BCUT2D eigenvalue weighted by Crippen LogP contribution is -2.60. The van der Waals surface area contributed by atoms with Crippen molar-refractivity contribution in [2.75, 3.05) is 26.7 Å². The summed E-state index contributed by atoms with van der Waals surface area (Å²) in [5.41, 5.74) is 7.24. The summed E-state index contributed by atoms with van der Waals surface area (Å²) in [5, 5.41) is 13.1. The van der Waals surface area contributed by atoms with Crippen molar-refractivity contribution in [1.29, 1.82) is 0 Å². The molecule has 8 nitrogen and oxygen atoms in total. The van der Waals surface area contributed by atoms with Crippen LogP contribution in [0.25, 0.3) is 0 Å². The van der Waals surface area contributed by atoms with E-state index < -0.39 is 5.54 Å². The Balaban J connectivity index is 1.68. The van der Waals surface area contributed by atoms with Crippen LogP contribution in [0.1, 0.15) is 36.4 Å². The second-order valence-electron chi connectivity index (χ2n) is 7.68. The van der Waals surface area contributed by atoms with Gasteiger partial charge in [-0.25, -0.2) is 4.99 Å². The lowest BCUT2D eigenvalue weighted by molar-refractivity contribution is -0.128. The van der Waals surface area contributed by atoms with Gasteiger partial charge in [0.1, 0.15) is 11.7 Å². The molecule has 1 saturated heterocycles. The van der Waals surface area contributed by atoms with Gasteiger partial charge in [0.15, 0.2) is 0 Å². The van der Waals surface area contributed by atoms with Gasteiger partial charge in [-0.05, 0) is 49.7 Å². The Morgan fingerprint density at radius 1 is 1.42 bits per heavy atom. The second-order valence-corrected chi connectivity index (χ2v) is 8.12. The van der Waals surface area contributed by atoms with Gasteiger partial charge in [0.05, 0.1) is 17.1 Å². The molecular formula is C22H29ClN6O2. The number of aliphatic hydroxyl groups excluding tert-OH is 1. The number of carbonyl (C=O) groups excluding carboxylic acids is 1. The quantitative estimate of drug-likeness (QED) is 0.387. The molecule has 1 aliphatic heterocycles. The van der Waals surface area contributed by atoms with Crippen molar-refractivity contribution < 1.29 is 9.90 Å². The second kappa shape index (κ2) is 10.1. The van der Waals surface area contributed by atoms with Crippen LogP contribution in [-0.4, -0.2) is 65.7 Å². The fourth-order valence-corrected chi connectivity index (χ4v) is 4.12. The predicted octanol–water partition coefficient (Wildman–Crippen LogP) is 2.41. The number of nitrogens with one attached hydrogen (secondary N) is 2.